The molecule has 1 saturated carbocycles. The zero-order valence-electron chi connectivity index (χ0n) is 15.3. The second-order valence-electron chi connectivity index (χ2n) is 8.72. The summed E-state index contributed by atoms with van der Waals surface area (Å²) in [5.41, 5.74) is -0.459. The van der Waals surface area contributed by atoms with Crippen molar-refractivity contribution in [3.05, 3.63) is 0 Å². The topological polar surface area (TPSA) is 86.7 Å². The first kappa shape index (κ1) is 19.7. The predicted molar refractivity (Wildman–Crippen MR) is 93.9 cm³/mol. The van der Waals surface area contributed by atoms with E-state index in [1.54, 1.807) is 0 Å². The largest absolute Gasteiger partial charge is 0.394 e. The number of amides is 1. The number of aliphatic hydroxyl groups excluding tert-OH is 1. The molecule has 0 spiro atoms. The summed E-state index contributed by atoms with van der Waals surface area (Å²) < 4.78 is 24.6. The summed E-state index contributed by atoms with van der Waals surface area (Å²) in [6, 6.07) is 0. The molecule has 2 rings (SSSR count). The van der Waals surface area contributed by atoms with Crippen molar-refractivity contribution in [3.63, 3.8) is 0 Å². The Bertz CT molecular complexity index is 567. The number of rotatable bonds is 4. The van der Waals surface area contributed by atoms with Crippen LogP contribution in [-0.2, 0) is 14.8 Å². The standard InChI is InChI=1S/C17H32N2O4S/c1-13-9-16(2,3)11-17(10-13,12-20)18-15(21)14-5-7-19(8-6-14)24(4,22)23/h13-14,20H,5-12H2,1-4H3,(H,18,21). The van der Waals surface area contributed by atoms with Gasteiger partial charge >= 0.3 is 0 Å². The molecule has 24 heavy (non-hydrogen) atoms. The van der Waals surface area contributed by atoms with Crippen LogP contribution in [0.2, 0.25) is 0 Å². The van der Waals surface area contributed by atoms with Crippen LogP contribution in [0.1, 0.15) is 52.9 Å². The molecule has 2 fully saturated rings. The maximum Gasteiger partial charge on any atom is 0.223 e. The highest BCUT2D eigenvalue weighted by molar-refractivity contribution is 7.88. The van der Waals surface area contributed by atoms with E-state index in [1.165, 1.54) is 10.6 Å². The van der Waals surface area contributed by atoms with Gasteiger partial charge < -0.3 is 10.4 Å². The summed E-state index contributed by atoms with van der Waals surface area (Å²) in [4.78, 5) is 12.7. The van der Waals surface area contributed by atoms with Crippen LogP contribution in [-0.4, -0.2) is 55.2 Å². The lowest BCUT2D eigenvalue weighted by Gasteiger charge is -2.47. The van der Waals surface area contributed by atoms with Gasteiger partial charge in [0.25, 0.3) is 0 Å². The molecule has 1 amide bonds. The van der Waals surface area contributed by atoms with Crippen molar-refractivity contribution < 1.29 is 18.3 Å². The number of hydrogen-bond donors (Lipinski definition) is 2. The van der Waals surface area contributed by atoms with Gasteiger partial charge in [0.15, 0.2) is 0 Å². The molecule has 1 saturated heterocycles. The Hall–Kier alpha value is -0.660. The van der Waals surface area contributed by atoms with Crippen molar-refractivity contribution in [2.24, 2.45) is 17.3 Å². The van der Waals surface area contributed by atoms with Crippen LogP contribution in [0, 0.1) is 17.3 Å². The van der Waals surface area contributed by atoms with Gasteiger partial charge in [-0.15, -0.1) is 0 Å². The third-order valence-corrected chi connectivity index (χ3v) is 6.75. The molecule has 2 unspecified atom stereocenters. The van der Waals surface area contributed by atoms with E-state index >= 15 is 0 Å². The van der Waals surface area contributed by atoms with Crippen molar-refractivity contribution in [1.82, 2.24) is 9.62 Å². The summed E-state index contributed by atoms with van der Waals surface area (Å²) >= 11 is 0. The molecule has 0 bridgehead atoms. The molecule has 1 heterocycles. The summed E-state index contributed by atoms with van der Waals surface area (Å²) in [5, 5.41) is 13.1. The van der Waals surface area contributed by atoms with E-state index in [2.05, 4.69) is 26.1 Å². The maximum absolute atomic E-state index is 12.7. The second-order valence-corrected chi connectivity index (χ2v) is 10.7. The van der Waals surface area contributed by atoms with E-state index in [1.807, 2.05) is 0 Å². The molecule has 0 aromatic carbocycles. The Kier molecular flexibility index (Phi) is 5.67. The first-order chi connectivity index (χ1) is 11.0. The summed E-state index contributed by atoms with van der Waals surface area (Å²) in [6.07, 6.45) is 4.95. The van der Waals surface area contributed by atoms with Crippen molar-refractivity contribution in [1.29, 1.82) is 0 Å². The van der Waals surface area contributed by atoms with Crippen LogP contribution < -0.4 is 5.32 Å². The van der Waals surface area contributed by atoms with Crippen molar-refractivity contribution in [2.45, 2.75) is 58.4 Å². The smallest absolute Gasteiger partial charge is 0.223 e. The Balaban J connectivity index is 2.00. The minimum absolute atomic E-state index is 0.0397. The number of piperidine rings is 1. The van der Waals surface area contributed by atoms with Gasteiger partial charge in [-0.2, -0.15) is 0 Å². The Labute approximate surface area is 146 Å². The molecule has 1 aliphatic heterocycles. The zero-order valence-corrected chi connectivity index (χ0v) is 16.2. The fourth-order valence-electron chi connectivity index (χ4n) is 4.81. The third kappa shape index (κ3) is 4.70. The normalized spacial score (nSPS) is 32.5. The first-order valence-electron chi connectivity index (χ1n) is 8.84. The van der Waals surface area contributed by atoms with Crippen molar-refractivity contribution in [3.8, 4) is 0 Å². The van der Waals surface area contributed by atoms with E-state index in [-0.39, 0.29) is 23.8 Å². The Morgan fingerprint density at radius 1 is 1.25 bits per heavy atom. The van der Waals surface area contributed by atoms with Gasteiger partial charge in [-0.25, -0.2) is 12.7 Å². The quantitative estimate of drug-likeness (QED) is 0.792. The van der Waals surface area contributed by atoms with Crippen molar-refractivity contribution in [2.75, 3.05) is 26.0 Å². The van der Waals surface area contributed by atoms with E-state index in [9.17, 15) is 18.3 Å². The lowest BCUT2D eigenvalue weighted by molar-refractivity contribution is -0.130. The maximum atomic E-state index is 12.7. The molecular formula is C17H32N2O4S. The van der Waals surface area contributed by atoms with Gasteiger partial charge in [-0.05, 0) is 43.4 Å². The highest BCUT2D eigenvalue weighted by atomic mass is 32.2. The fourth-order valence-corrected chi connectivity index (χ4v) is 5.69. The van der Waals surface area contributed by atoms with E-state index in [0.29, 0.717) is 31.8 Å². The molecule has 2 aliphatic rings. The number of nitrogens with one attached hydrogen (secondary N) is 1. The fraction of sp³-hybridized carbons (Fsp3) is 0.941. The molecule has 0 radical (unpaired) electrons. The molecular weight excluding hydrogens is 328 g/mol. The lowest BCUT2D eigenvalue weighted by atomic mass is 9.64. The molecule has 1 aliphatic carbocycles. The van der Waals surface area contributed by atoms with E-state index < -0.39 is 15.6 Å². The van der Waals surface area contributed by atoms with Gasteiger partial charge in [0.05, 0.1) is 18.4 Å². The number of sulfonamides is 1. The predicted octanol–water partition coefficient (Wildman–Crippen LogP) is 1.35. The summed E-state index contributed by atoms with van der Waals surface area (Å²) in [7, 11) is -3.18. The van der Waals surface area contributed by atoms with Gasteiger partial charge in [-0.1, -0.05) is 20.8 Å². The molecule has 140 valence electrons. The van der Waals surface area contributed by atoms with Crippen LogP contribution in [0.4, 0.5) is 0 Å². The van der Waals surface area contributed by atoms with Crippen LogP contribution in [0.15, 0.2) is 0 Å². The SMILES string of the molecule is CC1CC(C)(C)CC(CO)(NC(=O)C2CCN(S(C)(=O)=O)CC2)C1. The number of carbonyl (C=O) groups excluding carboxylic acids is 1. The second kappa shape index (κ2) is 6.92. The average molecular weight is 361 g/mol. The monoisotopic (exact) mass is 360 g/mol. The molecule has 2 N–H and O–H groups in total. The molecule has 0 aromatic heterocycles. The average Bonchev–Trinajstić information content (AvgIpc) is 2.44. The Morgan fingerprint density at radius 3 is 2.29 bits per heavy atom. The zero-order chi connectivity index (χ0) is 18.2. The van der Waals surface area contributed by atoms with Crippen LogP contribution >= 0.6 is 0 Å². The van der Waals surface area contributed by atoms with Crippen LogP contribution in [0.5, 0.6) is 0 Å². The molecule has 6 nitrogen and oxygen atoms in total. The van der Waals surface area contributed by atoms with Gasteiger partial charge in [-0.3, -0.25) is 4.79 Å². The number of carbonyl (C=O) groups is 1. The minimum Gasteiger partial charge on any atom is -0.394 e. The van der Waals surface area contributed by atoms with Crippen molar-refractivity contribution >= 4 is 15.9 Å². The molecule has 7 heteroatoms. The number of nitrogens with zero attached hydrogens (tertiary/aromatic N) is 1. The minimum atomic E-state index is -3.18. The number of aliphatic hydroxyl groups is 1. The molecule has 2 atom stereocenters. The van der Waals surface area contributed by atoms with Gasteiger partial charge in [0, 0.05) is 19.0 Å². The van der Waals surface area contributed by atoms with E-state index in [4.69, 9.17) is 0 Å². The first-order valence-corrected chi connectivity index (χ1v) is 10.7. The van der Waals surface area contributed by atoms with Crippen LogP contribution in [0.3, 0.4) is 0 Å². The summed E-state index contributed by atoms with van der Waals surface area (Å²) in [5.74, 6) is 0.238. The number of hydrogen-bond acceptors (Lipinski definition) is 4. The summed E-state index contributed by atoms with van der Waals surface area (Å²) in [6.45, 7) is 7.28. The van der Waals surface area contributed by atoms with Gasteiger partial charge in [0.1, 0.15) is 0 Å². The molecule has 0 aromatic rings. The van der Waals surface area contributed by atoms with Gasteiger partial charge in [0.2, 0.25) is 15.9 Å². The van der Waals surface area contributed by atoms with Crippen LogP contribution in [0.25, 0.3) is 0 Å². The lowest BCUT2D eigenvalue weighted by Crippen LogP contribution is -2.58. The highest BCUT2D eigenvalue weighted by Crippen LogP contribution is 2.44. The third-order valence-electron chi connectivity index (χ3n) is 5.44. The van der Waals surface area contributed by atoms with E-state index in [0.717, 1.165) is 19.3 Å². The highest BCUT2D eigenvalue weighted by Gasteiger charge is 2.44. The Morgan fingerprint density at radius 2 is 1.83 bits per heavy atom.